The Labute approximate surface area is 131 Å². The predicted molar refractivity (Wildman–Crippen MR) is 85.0 cm³/mol. The van der Waals surface area contributed by atoms with Gasteiger partial charge in [-0.3, -0.25) is 4.99 Å². The van der Waals surface area contributed by atoms with Gasteiger partial charge in [0.25, 0.3) is 0 Å². The number of guanidine groups is 1. The van der Waals surface area contributed by atoms with E-state index >= 15 is 0 Å². The van der Waals surface area contributed by atoms with Crippen LogP contribution in [-0.2, 0) is 11.3 Å². The first kappa shape index (κ1) is 15.1. The SMILES string of the molecule is CN=C(NCc1ccc(OC)nc1)N1CCC2(CCOC2)C1. The van der Waals surface area contributed by atoms with Crippen molar-refractivity contribution in [1.29, 1.82) is 0 Å². The third-order valence-electron chi connectivity index (χ3n) is 4.59. The smallest absolute Gasteiger partial charge is 0.212 e. The van der Waals surface area contributed by atoms with Crippen molar-refractivity contribution in [3.8, 4) is 5.88 Å². The fraction of sp³-hybridized carbons (Fsp3) is 0.625. The molecule has 2 aliphatic heterocycles. The van der Waals surface area contributed by atoms with Crippen molar-refractivity contribution in [3.63, 3.8) is 0 Å². The van der Waals surface area contributed by atoms with Gasteiger partial charge in [-0.25, -0.2) is 4.98 Å². The number of likely N-dealkylation sites (tertiary alicyclic amines) is 1. The molecule has 1 unspecified atom stereocenters. The van der Waals surface area contributed by atoms with E-state index < -0.39 is 0 Å². The number of hydrogen-bond donors (Lipinski definition) is 1. The van der Waals surface area contributed by atoms with E-state index in [0.29, 0.717) is 17.8 Å². The Bertz CT molecular complexity index is 523. The van der Waals surface area contributed by atoms with Gasteiger partial charge in [-0.1, -0.05) is 6.07 Å². The summed E-state index contributed by atoms with van der Waals surface area (Å²) in [6.45, 7) is 4.58. The zero-order chi connectivity index (χ0) is 15.4. The summed E-state index contributed by atoms with van der Waals surface area (Å²) in [6.07, 6.45) is 4.19. The number of pyridine rings is 1. The fourth-order valence-corrected chi connectivity index (χ4v) is 3.24. The normalized spacial score (nSPS) is 25.0. The number of aromatic nitrogens is 1. The number of hydrogen-bond acceptors (Lipinski definition) is 4. The van der Waals surface area contributed by atoms with E-state index in [1.165, 1.54) is 12.8 Å². The second kappa shape index (κ2) is 6.52. The number of ether oxygens (including phenoxy) is 2. The van der Waals surface area contributed by atoms with Crippen LogP contribution in [0.1, 0.15) is 18.4 Å². The summed E-state index contributed by atoms with van der Waals surface area (Å²) in [5, 5.41) is 3.43. The molecule has 0 aliphatic carbocycles. The highest BCUT2D eigenvalue weighted by molar-refractivity contribution is 5.80. The highest BCUT2D eigenvalue weighted by atomic mass is 16.5. The van der Waals surface area contributed by atoms with E-state index in [9.17, 15) is 0 Å². The fourth-order valence-electron chi connectivity index (χ4n) is 3.24. The lowest BCUT2D eigenvalue weighted by Crippen LogP contribution is -2.41. The van der Waals surface area contributed by atoms with Crippen molar-refractivity contribution in [3.05, 3.63) is 23.9 Å². The van der Waals surface area contributed by atoms with Crippen LogP contribution >= 0.6 is 0 Å². The van der Waals surface area contributed by atoms with Gasteiger partial charge >= 0.3 is 0 Å². The maximum Gasteiger partial charge on any atom is 0.212 e. The second-order valence-corrected chi connectivity index (χ2v) is 6.08. The highest BCUT2D eigenvalue weighted by Gasteiger charge is 2.42. The first-order valence-corrected chi connectivity index (χ1v) is 7.77. The third-order valence-corrected chi connectivity index (χ3v) is 4.59. The zero-order valence-electron chi connectivity index (χ0n) is 13.3. The molecule has 1 atom stereocenters. The quantitative estimate of drug-likeness (QED) is 0.673. The summed E-state index contributed by atoms with van der Waals surface area (Å²) in [5.74, 6) is 1.59. The van der Waals surface area contributed by atoms with Crippen LogP contribution < -0.4 is 10.1 Å². The van der Waals surface area contributed by atoms with E-state index in [2.05, 4.69) is 20.2 Å². The maximum atomic E-state index is 5.59. The molecule has 1 N–H and O–H groups in total. The second-order valence-electron chi connectivity index (χ2n) is 6.08. The van der Waals surface area contributed by atoms with Gasteiger partial charge in [0.1, 0.15) is 0 Å². The molecule has 22 heavy (non-hydrogen) atoms. The molecule has 6 nitrogen and oxygen atoms in total. The Hall–Kier alpha value is -1.82. The number of rotatable bonds is 3. The van der Waals surface area contributed by atoms with Gasteiger partial charge in [0, 0.05) is 51.0 Å². The van der Waals surface area contributed by atoms with Crippen molar-refractivity contribution in [1.82, 2.24) is 15.2 Å². The molecule has 3 rings (SSSR count). The molecule has 3 heterocycles. The van der Waals surface area contributed by atoms with Crippen molar-refractivity contribution < 1.29 is 9.47 Å². The van der Waals surface area contributed by atoms with Crippen LogP contribution in [0.25, 0.3) is 0 Å². The van der Waals surface area contributed by atoms with Gasteiger partial charge in [-0.2, -0.15) is 0 Å². The van der Waals surface area contributed by atoms with Crippen molar-refractivity contribution in [2.24, 2.45) is 10.4 Å². The number of nitrogens with zero attached hydrogens (tertiary/aromatic N) is 3. The molecule has 1 spiro atoms. The molecule has 1 aromatic rings. The van der Waals surface area contributed by atoms with E-state index in [4.69, 9.17) is 9.47 Å². The molecule has 1 aromatic heterocycles. The Kier molecular flexibility index (Phi) is 4.47. The summed E-state index contributed by atoms with van der Waals surface area (Å²) in [6, 6.07) is 3.89. The molecule has 0 amide bonds. The maximum absolute atomic E-state index is 5.59. The Balaban J connectivity index is 1.56. The molecule has 0 saturated carbocycles. The van der Waals surface area contributed by atoms with Crippen LogP contribution in [-0.4, -0.2) is 56.3 Å². The van der Waals surface area contributed by atoms with Crippen molar-refractivity contribution >= 4 is 5.96 Å². The lowest BCUT2D eigenvalue weighted by Gasteiger charge is -2.24. The molecular formula is C16H24N4O2. The first-order chi connectivity index (χ1) is 10.7. The predicted octanol–water partition coefficient (Wildman–Crippen LogP) is 1.28. The van der Waals surface area contributed by atoms with Gasteiger partial charge in [-0.15, -0.1) is 0 Å². The zero-order valence-corrected chi connectivity index (χ0v) is 13.3. The van der Waals surface area contributed by atoms with Crippen LogP contribution in [0, 0.1) is 5.41 Å². The summed E-state index contributed by atoms with van der Waals surface area (Å²) < 4.78 is 10.7. The highest BCUT2D eigenvalue weighted by Crippen LogP contribution is 2.38. The van der Waals surface area contributed by atoms with Crippen molar-refractivity contribution in [2.75, 3.05) is 40.5 Å². The lowest BCUT2D eigenvalue weighted by atomic mass is 9.87. The van der Waals surface area contributed by atoms with E-state index in [1.54, 1.807) is 7.11 Å². The average molecular weight is 304 g/mol. The Morgan fingerprint density at radius 3 is 3.05 bits per heavy atom. The Morgan fingerprint density at radius 2 is 2.41 bits per heavy atom. The van der Waals surface area contributed by atoms with Crippen LogP contribution in [0.2, 0.25) is 0 Å². The molecule has 2 saturated heterocycles. The summed E-state index contributed by atoms with van der Waals surface area (Å²) >= 11 is 0. The number of aliphatic imine (C=N–C) groups is 1. The summed E-state index contributed by atoms with van der Waals surface area (Å²) in [4.78, 5) is 11.0. The molecule has 120 valence electrons. The third kappa shape index (κ3) is 3.16. The minimum absolute atomic E-state index is 0.347. The monoisotopic (exact) mass is 304 g/mol. The largest absolute Gasteiger partial charge is 0.481 e. The van der Waals surface area contributed by atoms with Gasteiger partial charge in [-0.05, 0) is 18.4 Å². The molecule has 6 heteroatoms. The molecule has 0 bridgehead atoms. The first-order valence-electron chi connectivity index (χ1n) is 7.77. The minimum Gasteiger partial charge on any atom is -0.481 e. The molecule has 2 aliphatic rings. The number of nitrogens with one attached hydrogen (secondary N) is 1. The molecule has 0 aromatic carbocycles. The van der Waals surface area contributed by atoms with Gasteiger partial charge in [0.15, 0.2) is 5.96 Å². The van der Waals surface area contributed by atoms with Crippen LogP contribution in [0.5, 0.6) is 5.88 Å². The average Bonchev–Trinajstić information content (AvgIpc) is 3.19. The van der Waals surface area contributed by atoms with Crippen molar-refractivity contribution in [2.45, 2.75) is 19.4 Å². The Morgan fingerprint density at radius 1 is 1.50 bits per heavy atom. The molecular weight excluding hydrogens is 280 g/mol. The molecule has 0 radical (unpaired) electrons. The minimum atomic E-state index is 0.347. The van der Waals surface area contributed by atoms with Gasteiger partial charge < -0.3 is 19.7 Å². The van der Waals surface area contributed by atoms with Gasteiger partial charge in [0.05, 0.1) is 13.7 Å². The van der Waals surface area contributed by atoms with E-state index in [1.807, 2.05) is 25.4 Å². The summed E-state index contributed by atoms with van der Waals surface area (Å²) in [5.41, 5.74) is 1.46. The van der Waals surface area contributed by atoms with Crippen LogP contribution in [0.15, 0.2) is 23.3 Å². The van der Waals surface area contributed by atoms with Gasteiger partial charge in [0.2, 0.25) is 5.88 Å². The lowest BCUT2D eigenvalue weighted by molar-refractivity contribution is 0.156. The molecule has 2 fully saturated rings. The standard InChI is InChI=1S/C16H24N4O2/c1-17-15(19-10-13-3-4-14(21-2)18-9-13)20-7-5-16(11-20)6-8-22-12-16/h3-4,9H,5-8,10-12H2,1-2H3,(H,17,19). The van der Waals surface area contributed by atoms with E-state index in [-0.39, 0.29) is 0 Å². The van der Waals surface area contributed by atoms with Crippen LogP contribution in [0.3, 0.4) is 0 Å². The van der Waals surface area contributed by atoms with Crippen LogP contribution in [0.4, 0.5) is 0 Å². The topological polar surface area (TPSA) is 59.0 Å². The summed E-state index contributed by atoms with van der Waals surface area (Å²) in [7, 11) is 3.46. The number of methoxy groups -OCH3 is 1. The van der Waals surface area contributed by atoms with E-state index in [0.717, 1.165) is 37.8 Å².